The molecule has 3 unspecified atom stereocenters. The quantitative estimate of drug-likeness (QED) is 0.830. The van der Waals surface area contributed by atoms with Crippen molar-refractivity contribution in [3.05, 3.63) is 35.9 Å². The highest BCUT2D eigenvalue weighted by atomic mass is 32.2. The lowest BCUT2D eigenvalue weighted by Crippen LogP contribution is -2.41. The molecular formula is C15H23NO2S. The number of hydrogen-bond donors (Lipinski definition) is 1. The van der Waals surface area contributed by atoms with Crippen LogP contribution in [0.1, 0.15) is 18.9 Å². The lowest BCUT2D eigenvalue weighted by Gasteiger charge is -2.22. The van der Waals surface area contributed by atoms with Crippen molar-refractivity contribution in [2.45, 2.75) is 25.1 Å². The monoisotopic (exact) mass is 281 g/mol. The first-order valence-corrected chi connectivity index (χ1v) is 8.48. The van der Waals surface area contributed by atoms with E-state index < -0.39 is 10.8 Å². The van der Waals surface area contributed by atoms with E-state index in [0.29, 0.717) is 17.7 Å². The van der Waals surface area contributed by atoms with Gasteiger partial charge in [-0.05, 0) is 18.5 Å². The van der Waals surface area contributed by atoms with Crippen molar-refractivity contribution in [3.63, 3.8) is 0 Å². The lowest BCUT2D eigenvalue weighted by atomic mass is 10.0. The minimum atomic E-state index is -0.817. The van der Waals surface area contributed by atoms with Crippen molar-refractivity contribution in [1.29, 1.82) is 0 Å². The van der Waals surface area contributed by atoms with Gasteiger partial charge in [-0.2, -0.15) is 0 Å². The molecule has 19 heavy (non-hydrogen) atoms. The maximum absolute atomic E-state index is 12.3. The Morgan fingerprint density at radius 1 is 1.42 bits per heavy atom. The molecule has 1 aromatic carbocycles. The van der Waals surface area contributed by atoms with Crippen LogP contribution in [-0.4, -0.2) is 35.8 Å². The van der Waals surface area contributed by atoms with Crippen LogP contribution >= 0.6 is 0 Å². The van der Waals surface area contributed by atoms with E-state index in [1.54, 1.807) is 0 Å². The number of nitrogens with one attached hydrogen (secondary N) is 1. The number of hydrogen-bond acceptors (Lipinski definition) is 3. The van der Waals surface area contributed by atoms with Gasteiger partial charge < -0.3 is 10.1 Å². The van der Waals surface area contributed by atoms with Gasteiger partial charge in [-0.15, -0.1) is 0 Å². The molecule has 3 atom stereocenters. The Hall–Kier alpha value is -0.710. The summed E-state index contributed by atoms with van der Waals surface area (Å²) in [6.07, 6.45) is 1.08. The summed E-state index contributed by atoms with van der Waals surface area (Å²) in [6.45, 7) is 4.67. The zero-order valence-corrected chi connectivity index (χ0v) is 12.3. The molecule has 1 fully saturated rings. The molecule has 0 spiro atoms. The third-order valence-corrected chi connectivity index (χ3v) is 4.92. The number of rotatable bonds is 7. The fourth-order valence-electron chi connectivity index (χ4n) is 2.51. The highest BCUT2D eigenvalue weighted by Gasteiger charge is 2.26. The topological polar surface area (TPSA) is 38.3 Å². The summed E-state index contributed by atoms with van der Waals surface area (Å²) in [5.74, 6) is 1.88. The summed E-state index contributed by atoms with van der Waals surface area (Å²) in [5.41, 5.74) is 1.15. The van der Waals surface area contributed by atoms with E-state index in [1.807, 2.05) is 30.3 Å². The molecule has 1 aliphatic heterocycles. The van der Waals surface area contributed by atoms with Crippen LogP contribution in [-0.2, 0) is 21.3 Å². The largest absolute Gasteiger partial charge is 0.381 e. The van der Waals surface area contributed by atoms with E-state index in [2.05, 4.69) is 12.2 Å². The van der Waals surface area contributed by atoms with E-state index in [0.717, 1.165) is 37.5 Å². The van der Waals surface area contributed by atoms with Crippen LogP contribution in [0, 0.1) is 5.92 Å². The van der Waals surface area contributed by atoms with Gasteiger partial charge in [-0.3, -0.25) is 4.21 Å². The molecule has 1 N–H and O–H groups in total. The molecular weight excluding hydrogens is 258 g/mol. The van der Waals surface area contributed by atoms with Crippen molar-refractivity contribution < 1.29 is 8.95 Å². The standard InChI is InChI=1S/C15H23NO2S/c1-2-16-15(14-8-9-18-10-14)12-19(17)11-13-6-4-3-5-7-13/h3-7,14-16H,2,8-12H2,1H3. The SMILES string of the molecule is CCNC(CS(=O)Cc1ccccc1)C1CCOC1. The molecule has 1 heterocycles. The molecule has 4 heteroatoms. The van der Waals surface area contributed by atoms with Gasteiger partial charge in [0.25, 0.3) is 0 Å². The molecule has 0 aromatic heterocycles. The Morgan fingerprint density at radius 3 is 2.84 bits per heavy atom. The Morgan fingerprint density at radius 2 is 2.21 bits per heavy atom. The van der Waals surface area contributed by atoms with Crippen LogP contribution in [0.2, 0.25) is 0 Å². The fourth-order valence-corrected chi connectivity index (χ4v) is 3.99. The predicted molar refractivity (Wildman–Crippen MR) is 79.5 cm³/mol. The van der Waals surface area contributed by atoms with Crippen LogP contribution < -0.4 is 5.32 Å². The molecule has 3 nitrogen and oxygen atoms in total. The second kappa shape index (κ2) is 7.78. The Bertz CT molecular complexity index is 390. The normalized spacial score (nSPS) is 22.3. The highest BCUT2D eigenvalue weighted by Crippen LogP contribution is 2.18. The second-order valence-electron chi connectivity index (χ2n) is 5.02. The molecule has 1 saturated heterocycles. The summed E-state index contributed by atoms with van der Waals surface area (Å²) >= 11 is 0. The van der Waals surface area contributed by atoms with E-state index in [1.165, 1.54) is 0 Å². The molecule has 0 saturated carbocycles. The second-order valence-corrected chi connectivity index (χ2v) is 6.53. The smallest absolute Gasteiger partial charge is 0.0510 e. The Labute approximate surface area is 118 Å². The first-order chi connectivity index (χ1) is 9.29. The summed E-state index contributed by atoms with van der Waals surface area (Å²) in [5, 5.41) is 3.47. The maximum atomic E-state index is 12.3. The van der Waals surface area contributed by atoms with Crippen LogP contribution in [0.3, 0.4) is 0 Å². The highest BCUT2D eigenvalue weighted by molar-refractivity contribution is 7.84. The average Bonchev–Trinajstić information content (AvgIpc) is 2.93. The fraction of sp³-hybridized carbons (Fsp3) is 0.600. The third-order valence-electron chi connectivity index (χ3n) is 3.54. The summed E-state index contributed by atoms with van der Waals surface area (Å²) < 4.78 is 17.7. The van der Waals surface area contributed by atoms with Crippen molar-refractivity contribution in [2.75, 3.05) is 25.5 Å². The van der Waals surface area contributed by atoms with Gasteiger partial charge >= 0.3 is 0 Å². The van der Waals surface area contributed by atoms with Crippen molar-refractivity contribution in [1.82, 2.24) is 5.32 Å². The van der Waals surface area contributed by atoms with Crippen LogP contribution in [0.4, 0.5) is 0 Å². The number of benzene rings is 1. The van der Waals surface area contributed by atoms with Crippen LogP contribution in [0.5, 0.6) is 0 Å². The third kappa shape index (κ3) is 4.71. The zero-order valence-electron chi connectivity index (χ0n) is 11.5. The van der Waals surface area contributed by atoms with Gasteiger partial charge in [-0.1, -0.05) is 37.3 Å². The van der Waals surface area contributed by atoms with E-state index >= 15 is 0 Å². The molecule has 1 aromatic rings. The maximum Gasteiger partial charge on any atom is 0.0510 e. The van der Waals surface area contributed by atoms with Gasteiger partial charge in [-0.25, -0.2) is 0 Å². The van der Waals surface area contributed by atoms with Gasteiger partial charge in [0.15, 0.2) is 0 Å². The van der Waals surface area contributed by atoms with Gasteiger partial charge in [0.2, 0.25) is 0 Å². The van der Waals surface area contributed by atoms with Crippen molar-refractivity contribution in [2.24, 2.45) is 5.92 Å². The summed E-state index contributed by atoms with van der Waals surface area (Å²) in [7, 11) is -0.817. The minimum absolute atomic E-state index is 0.317. The van der Waals surface area contributed by atoms with E-state index in [4.69, 9.17) is 4.74 Å². The molecule has 106 valence electrons. The minimum Gasteiger partial charge on any atom is -0.381 e. The van der Waals surface area contributed by atoms with E-state index in [9.17, 15) is 4.21 Å². The van der Waals surface area contributed by atoms with Gasteiger partial charge in [0.05, 0.1) is 6.61 Å². The summed E-state index contributed by atoms with van der Waals surface area (Å²) in [6, 6.07) is 10.4. The van der Waals surface area contributed by atoms with E-state index in [-0.39, 0.29) is 0 Å². The van der Waals surface area contributed by atoms with Crippen LogP contribution in [0.15, 0.2) is 30.3 Å². The van der Waals surface area contributed by atoms with Crippen molar-refractivity contribution in [3.8, 4) is 0 Å². The van der Waals surface area contributed by atoms with Gasteiger partial charge in [0, 0.05) is 40.9 Å². The molecule has 1 aliphatic rings. The molecule has 0 bridgehead atoms. The Balaban J connectivity index is 1.87. The molecule has 0 amide bonds. The first-order valence-electron chi connectivity index (χ1n) is 6.99. The van der Waals surface area contributed by atoms with Crippen molar-refractivity contribution >= 4 is 10.8 Å². The Kier molecular flexibility index (Phi) is 6.01. The zero-order chi connectivity index (χ0) is 13.5. The first kappa shape index (κ1) is 14.7. The molecule has 0 radical (unpaired) electrons. The lowest BCUT2D eigenvalue weighted by molar-refractivity contribution is 0.179. The summed E-state index contributed by atoms with van der Waals surface area (Å²) in [4.78, 5) is 0. The average molecular weight is 281 g/mol. The molecule has 0 aliphatic carbocycles. The predicted octanol–water partition coefficient (Wildman–Crippen LogP) is 1.95. The number of ether oxygens (including phenoxy) is 1. The van der Waals surface area contributed by atoms with Crippen LogP contribution in [0.25, 0.3) is 0 Å². The molecule has 2 rings (SSSR count). The van der Waals surface area contributed by atoms with Gasteiger partial charge in [0.1, 0.15) is 0 Å².